The molecule has 5 heteroatoms. The van der Waals surface area contributed by atoms with Crippen LogP contribution in [0.25, 0.3) is 0 Å². The molecule has 2 rings (SSSR count). The van der Waals surface area contributed by atoms with Gasteiger partial charge in [-0.1, -0.05) is 6.92 Å². The van der Waals surface area contributed by atoms with E-state index in [4.69, 9.17) is 0 Å². The van der Waals surface area contributed by atoms with E-state index in [1.54, 1.807) is 11.3 Å². The molecule has 0 aliphatic heterocycles. The van der Waals surface area contributed by atoms with E-state index in [-0.39, 0.29) is 0 Å². The summed E-state index contributed by atoms with van der Waals surface area (Å²) in [6.45, 7) is 9.27. The lowest BCUT2D eigenvalue weighted by Crippen LogP contribution is -2.21. The van der Waals surface area contributed by atoms with Gasteiger partial charge in [-0.2, -0.15) is 0 Å². The topological polar surface area (TPSA) is 41.1 Å². The number of thiazole rings is 1. The monoisotopic (exact) mass is 290 g/mol. The van der Waals surface area contributed by atoms with Crippen LogP contribution in [0.5, 0.6) is 0 Å². The summed E-state index contributed by atoms with van der Waals surface area (Å²) in [7, 11) is 0. The Labute approximate surface area is 124 Å². The summed E-state index contributed by atoms with van der Waals surface area (Å²) in [6.07, 6.45) is 5.66. The van der Waals surface area contributed by atoms with Gasteiger partial charge < -0.3 is 10.2 Å². The average molecular weight is 290 g/mol. The van der Waals surface area contributed by atoms with E-state index in [1.807, 2.05) is 18.6 Å². The number of anilines is 1. The van der Waals surface area contributed by atoms with E-state index >= 15 is 0 Å². The Hall–Kier alpha value is -1.46. The molecule has 0 bridgehead atoms. The standard InChI is InChI=1S/C15H22N4S/c1-4-17-12(3)14-10-18-15(20-14)19(5-2)11-13-6-8-16-9-7-13/h6-10,12,17H,4-5,11H2,1-3H3. The summed E-state index contributed by atoms with van der Waals surface area (Å²) in [4.78, 5) is 12.2. The van der Waals surface area contributed by atoms with Crippen LogP contribution in [0.1, 0.15) is 37.3 Å². The number of aromatic nitrogens is 2. The molecule has 4 nitrogen and oxygen atoms in total. The van der Waals surface area contributed by atoms with Crippen LogP contribution < -0.4 is 10.2 Å². The molecule has 2 heterocycles. The van der Waals surface area contributed by atoms with Crippen molar-refractivity contribution in [2.24, 2.45) is 0 Å². The Bertz CT molecular complexity index is 512. The van der Waals surface area contributed by atoms with E-state index in [9.17, 15) is 0 Å². The van der Waals surface area contributed by atoms with Gasteiger partial charge in [-0.25, -0.2) is 4.98 Å². The van der Waals surface area contributed by atoms with Gasteiger partial charge in [-0.3, -0.25) is 4.98 Å². The molecule has 0 saturated carbocycles. The first-order valence-corrected chi connectivity index (χ1v) is 7.89. The van der Waals surface area contributed by atoms with Crippen LogP contribution in [-0.4, -0.2) is 23.1 Å². The molecule has 1 unspecified atom stereocenters. The summed E-state index contributed by atoms with van der Waals surface area (Å²) in [6, 6.07) is 4.47. The largest absolute Gasteiger partial charge is 0.344 e. The number of pyridine rings is 1. The molecule has 0 aliphatic rings. The number of rotatable bonds is 7. The van der Waals surface area contributed by atoms with E-state index in [0.29, 0.717) is 6.04 Å². The first-order valence-electron chi connectivity index (χ1n) is 7.07. The van der Waals surface area contributed by atoms with Gasteiger partial charge in [0.25, 0.3) is 0 Å². The maximum absolute atomic E-state index is 4.58. The number of hydrogen-bond acceptors (Lipinski definition) is 5. The van der Waals surface area contributed by atoms with Crippen molar-refractivity contribution >= 4 is 16.5 Å². The minimum Gasteiger partial charge on any atom is -0.344 e. The Morgan fingerprint density at radius 2 is 2.05 bits per heavy atom. The van der Waals surface area contributed by atoms with Gasteiger partial charge in [0.15, 0.2) is 5.13 Å². The second-order valence-electron chi connectivity index (χ2n) is 4.69. The zero-order valence-electron chi connectivity index (χ0n) is 12.3. The van der Waals surface area contributed by atoms with Gasteiger partial charge in [-0.15, -0.1) is 11.3 Å². The Kier molecular flexibility index (Phi) is 5.49. The molecule has 1 atom stereocenters. The molecule has 0 spiro atoms. The summed E-state index contributed by atoms with van der Waals surface area (Å²) in [5, 5.41) is 4.51. The smallest absolute Gasteiger partial charge is 0.185 e. The minimum atomic E-state index is 0.367. The molecule has 0 aromatic carbocycles. The van der Waals surface area contributed by atoms with E-state index in [0.717, 1.165) is 24.8 Å². The molecule has 2 aromatic rings. The second kappa shape index (κ2) is 7.36. The van der Waals surface area contributed by atoms with Gasteiger partial charge in [0.2, 0.25) is 0 Å². The molecule has 20 heavy (non-hydrogen) atoms. The lowest BCUT2D eigenvalue weighted by Gasteiger charge is -2.19. The minimum absolute atomic E-state index is 0.367. The fourth-order valence-electron chi connectivity index (χ4n) is 2.05. The molecule has 0 amide bonds. The molecule has 2 aromatic heterocycles. The van der Waals surface area contributed by atoms with Crippen molar-refractivity contribution in [2.75, 3.05) is 18.0 Å². The summed E-state index contributed by atoms with van der Waals surface area (Å²) in [5.41, 5.74) is 1.26. The highest BCUT2D eigenvalue weighted by Gasteiger charge is 2.13. The molecule has 0 fully saturated rings. The number of nitrogens with zero attached hydrogens (tertiary/aromatic N) is 3. The van der Waals surface area contributed by atoms with Crippen LogP contribution in [0.4, 0.5) is 5.13 Å². The fraction of sp³-hybridized carbons (Fsp3) is 0.467. The quantitative estimate of drug-likeness (QED) is 0.850. The summed E-state index contributed by atoms with van der Waals surface area (Å²) < 4.78 is 0. The Balaban J connectivity index is 2.08. The third-order valence-corrected chi connectivity index (χ3v) is 4.46. The zero-order valence-corrected chi connectivity index (χ0v) is 13.2. The highest BCUT2D eigenvalue weighted by atomic mass is 32.1. The number of nitrogens with one attached hydrogen (secondary N) is 1. The van der Waals surface area contributed by atoms with Crippen molar-refractivity contribution in [3.63, 3.8) is 0 Å². The molecule has 108 valence electrons. The van der Waals surface area contributed by atoms with Gasteiger partial charge in [0.1, 0.15) is 0 Å². The van der Waals surface area contributed by atoms with Crippen LogP contribution in [0, 0.1) is 0 Å². The number of hydrogen-bond donors (Lipinski definition) is 1. The van der Waals surface area contributed by atoms with Gasteiger partial charge in [-0.05, 0) is 38.1 Å². The normalized spacial score (nSPS) is 12.3. The van der Waals surface area contributed by atoms with E-state index < -0.39 is 0 Å². The SMILES string of the molecule is CCNC(C)c1cnc(N(CC)Cc2ccncc2)s1. The molecule has 0 saturated heterocycles. The lowest BCUT2D eigenvalue weighted by molar-refractivity contribution is 0.606. The van der Waals surface area contributed by atoms with Crippen molar-refractivity contribution in [2.45, 2.75) is 33.4 Å². The summed E-state index contributed by atoms with van der Waals surface area (Å²) >= 11 is 1.77. The second-order valence-corrected chi connectivity index (χ2v) is 5.73. The van der Waals surface area contributed by atoms with Crippen molar-refractivity contribution in [1.82, 2.24) is 15.3 Å². The van der Waals surface area contributed by atoms with Gasteiger partial charge in [0.05, 0.1) is 0 Å². The van der Waals surface area contributed by atoms with Crippen LogP contribution in [-0.2, 0) is 6.54 Å². The lowest BCUT2D eigenvalue weighted by atomic mass is 10.2. The van der Waals surface area contributed by atoms with Crippen LogP contribution >= 0.6 is 11.3 Å². The first-order chi connectivity index (χ1) is 9.74. The van der Waals surface area contributed by atoms with Crippen molar-refractivity contribution in [1.29, 1.82) is 0 Å². The predicted molar refractivity (Wildman–Crippen MR) is 85.2 cm³/mol. The molecule has 0 aliphatic carbocycles. The van der Waals surface area contributed by atoms with Crippen molar-refractivity contribution in [3.8, 4) is 0 Å². The summed E-state index contributed by atoms with van der Waals surface area (Å²) in [5.74, 6) is 0. The third-order valence-electron chi connectivity index (χ3n) is 3.22. The van der Waals surface area contributed by atoms with Gasteiger partial charge >= 0.3 is 0 Å². The van der Waals surface area contributed by atoms with Crippen LogP contribution in [0.15, 0.2) is 30.7 Å². The maximum atomic E-state index is 4.58. The molecule has 1 N–H and O–H groups in total. The van der Waals surface area contributed by atoms with Gasteiger partial charge in [0, 0.05) is 42.6 Å². The highest BCUT2D eigenvalue weighted by Crippen LogP contribution is 2.27. The molecular formula is C15H22N4S. The Morgan fingerprint density at radius 3 is 2.70 bits per heavy atom. The fourth-order valence-corrected chi connectivity index (χ4v) is 3.06. The third kappa shape index (κ3) is 3.77. The molecular weight excluding hydrogens is 268 g/mol. The van der Waals surface area contributed by atoms with Crippen LogP contribution in [0.2, 0.25) is 0 Å². The first kappa shape index (κ1) is 14.9. The van der Waals surface area contributed by atoms with Crippen molar-refractivity contribution in [3.05, 3.63) is 41.2 Å². The van der Waals surface area contributed by atoms with Crippen molar-refractivity contribution < 1.29 is 0 Å². The maximum Gasteiger partial charge on any atom is 0.185 e. The molecule has 0 radical (unpaired) electrons. The highest BCUT2D eigenvalue weighted by molar-refractivity contribution is 7.15. The van der Waals surface area contributed by atoms with Crippen LogP contribution in [0.3, 0.4) is 0 Å². The van der Waals surface area contributed by atoms with E-state index in [2.05, 4.69) is 53.1 Å². The van der Waals surface area contributed by atoms with E-state index in [1.165, 1.54) is 10.4 Å². The average Bonchev–Trinajstić information content (AvgIpc) is 2.96. The predicted octanol–water partition coefficient (Wildman–Crippen LogP) is 3.24. The zero-order chi connectivity index (χ0) is 14.4. The Morgan fingerprint density at radius 1 is 1.30 bits per heavy atom.